The van der Waals surface area contributed by atoms with Crippen LogP contribution < -0.4 is 11.3 Å². The van der Waals surface area contributed by atoms with E-state index in [9.17, 15) is 0 Å². The van der Waals surface area contributed by atoms with Gasteiger partial charge in [0.25, 0.3) is 0 Å². The van der Waals surface area contributed by atoms with E-state index in [1.54, 1.807) is 0 Å². The minimum Gasteiger partial charge on any atom is -0.271 e. The minimum atomic E-state index is 0.131. The van der Waals surface area contributed by atoms with E-state index in [1.165, 1.54) is 0 Å². The van der Waals surface area contributed by atoms with Crippen LogP contribution in [0.2, 0.25) is 0 Å². The van der Waals surface area contributed by atoms with Crippen LogP contribution in [0.5, 0.6) is 0 Å². The summed E-state index contributed by atoms with van der Waals surface area (Å²) in [5.41, 5.74) is 5.20. The monoisotopic (exact) mass is 207 g/mol. The van der Waals surface area contributed by atoms with Crippen molar-refractivity contribution >= 4 is 0 Å². The van der Waals surface area contributed by atoms with E-state index in [4.69, 9.17) is 5.84 Å². The lowest BCUT2D eigenvalue weighted by atomic mass is 9.79. The number of nitrogens with zero attached hydrogens (tertiary/aromatic N) is 1. The van der Waals surface area contributed by atoms with Gasteiger partial charge in [0, 0.05) is 11.9 Å². The number of rotatable bonds is 4. The van der Waals surface area contributed by atoms with Crippen LogP contribution >= 0.6 is 0 Å². The SMILES string of the molecule is CCC(C)(C)C(NN)c1ccc(C)nc1. The molecule has 0 fully saturated rings. The Morgan fingerprint density at radius 3 is 2.53 bits per heavy atom. The Morgan fingerprint density at radius 1 is 1.47 bits per heavy atom. The standard InChI is InChI=1S/C12H21N3/c1-5-12(3,4)11(15-13)10-7-6-9(2)14-8-10/h6-8,11,15H,5,13H2,1-4H3. The average molecular weight is 207 g/mol. The van der Waals surface area contributed by atoms with E-state index in [0.717, 1.165) is 17.7 Å². The van der Waals surface area contributed by atoms with Crippen LogP contribution in [0.25, 0.3) is 0 Å². The summed E-state index contributed by atoms with van der Waals surface area (Å²) in [7, 11) is 0. The number of aryl methyl sites for hydroxylation is 1. The Hall–Kier alpha value is -0.930. The van der Waals surface area contributed by atoms with Crippen molar-refractivity contribution in [3.8, 4) is 0 Å². The molecule has 3 heteroatoms. The second-order valence-corrected chi connectivity index (χ2v) is 4.67. The summed E-state index contributed by atoms with van der Waals surface area (Å²) < 4.78 is 0. The lowest BCUT2D eigenvalue weighted by molar-refractivity contribution is 0.236. The van der Waals surface area contributed by atoms with Crippen LogP contribution in [-0.2, 0) is 0 Å². The lowest BCUT2D eigenvalue weighted by Crippen LogP contribution is -2.38. The number of pyridine rings is 1. The second kappa shape index (κ2) is 4.73. The molecule has 1 aromatic rings. The molecule has 0 saturated carbocycles. The molecule has 3 nitrogen and oxygen atoms in total. The summed E-state index contributed by atoms with van der Waals surface area (Å²) in [6, 6.07) is 4.26. The first-order chi connectivity index (χ1) is 7.01. The maximum absolute atomic E-state index is 5.63. The predicted molar refractivity (Wildman–Crippen MR) is 63.1 cm³/mol. The molecule has 0 bridgehead atoms. The van der Waals surface area contributed by atoms with Gasteiger partial charge in [0.15, 0.2) is 0 Å². The fourth-order valence-electron chi connectivity index (χ4n) is 1.63. The Balaban J connectivity index is 2.97. The second-order valence-electron chi connectivity index (χ2n) is 4.67. The fourth-order valence-corrected chi connectivity index (χ4v) is 1.63. The van der Waals surface area contributed by atoms with Gasteiger partial charge in [0.1, 0.15) is 0 Å². The van der Waals surface area contributed by atoms with Gasteiger partial charge < -0.3 is 0 Å². The topological polar surface area (TPSA) is 50.9 Å². The summed E-state index contributed by atoms with van der Waals surface area (Å²) in [5, 5.41) is 0. The highest BCUT2D eigenvalue weighted by Gasteiger charge is 2.28. The molecule has 0 saturated heterocycles. The zero-order valence-electron chi connectivity index (χ0n) is 10.0. The molecule has 0 aromatic carbocycles. The highest BCUT2D eigenvalue weighted by Crippen LogP contribution is 2.35. The molecular formula is C12H21N3. The third kappa shape index (κ3) is 2.76. The molecule has 0 radical (unpaired) electrons. The summed E-state index contributed by atoms with van der Waals surface area (Å²) in [5.74, 6) is 5.63. The smallest absolute Gasteiger partial charge is 0.0526 e. The fraction of sp³-hybridized carbons (Fsp3) is 0.583. The highest BCUT2D eigenvalue weighted by atomic mass is 15.2. The summed E-state index contributed by atoms with van der Waals surface area (Å²) in [6.07, 6.45) is 2.97. The van der Waals surface area contributed by atoms with Gasteiger partial charge in [-0.05, 0) is 30.4 Å². The van der Waals surface area contributed by atoms with Crippen molar-refractivity contribution in [3.63, 3.8) is 0 Å². The van der Waals surface area contributed by atoms with E-state index in [-0.39, 0.29) is 11.5 Å². The predicted octanol–water partition coefficient (Wildman–Crippen LogP) is 2.33. The number of nitrogens with one attached hydrogen (secondary N) is 1. The zero-order chi connectivity index (χ0) is 11.5. The van der Waals surface area contributed by atoms with Gasteiger partial charge in [-0.3, -0.25) is 16.3 Å². The largest absolute Gasteiger partial charge is 0.271 e. The van der Waals surface area contributed by atoms with E-state index < -0.39 is 0 Å². The van der Waals surface area contributed by atoms with E-state index in [2.05, 4.69) is 37.2 Å². The minimum absolute atomic E-state index is 0.131. The van der Waals surface area contributed by atoms with Crippen LogP contribution in [0.4, 0.5) is 0 Å². The van der Waals surface area contributed by atoms with Crippen LogP contribution in [0.15, 0.2) is 18.3 Å². The van der Waals surface area contributed by atoms with Crippen molar-refractivity contribution in [2.75, 3.05) is 0 Å². The van der Waals surface area contributed by atoms with E-state index >= 15 is 0 Å². The Morgan fingerprint density at radius 2 is 2.13 bits per heavy atom. The number of hydrogen-bond acceptors (Lipinski definition) is 3. The van der Waals surface area contributed by atoms with Crippen LogP contribution in [0.3, 0.4) is 0 Å². The number of hydrogen-bond donors (Lipinski definition) is 2. The lowest BCUT2D eigenvalue weighted by Gasteiger charge is -2.33. The zero-order valence-corrected chi connectivity index (χ0v) is 10.0. The maximum Gasteiger partial charge on any atom is 0.0526 e. The first-order valence-corrected chi connectivity index (χ1v) is 5.40. The molecule has 0 spiro atoms. The third-order valence-electron chi connectivity index (χ3n) is 3.13. The number of hydrazine groups is 1. The quantitative estimate of drug-likeness (QED) is 0.588. The molecule has 3 N–H and O–H groups in total. The van der Waals surface area contributed by atoms with Gasteiger partial charge in [-0.25, -0.2) is 0 Å². The van der Waals surface area contributed by atoms with Gasteiger partial charge >= 0.3 is 0 Å². The summed E-state index contributed by atoms with van der Waals surface area (Å²) in [6.45, 7) is 8.57. The van der Waals surface area contributed by atoms with Crippen LogP contribution in [0, 0.1) is 12.3 Å². The third-order valence-corrected chi connectivity index (χ3v) is 3.13. The van der Waals surface area contributed by atoms with Gasteiger partial charge in [-0.2, -0.15) is 0 Å². The molecule has 15 heavy (non-hydrogen) atoms. The number of aromatic nitrogens is 1. The highest BCUT2D eigenvalue weighted by molar-refractivity contribution is 5.19. The van der Waals surface area contributed by atoms with Crippen LogP contribution in [-0.4, -0.2) is 4.98 Å². The summed E-state index contributed by atoms with van der Waals surface area (Å²) in [4.78, 5) is 4.30. The van der Waals surface area contributed by atoms with Crippen molar-refractivity contribution in [2.24, 2.45) is 11.3 Å². The van der Waals surface area contributed by atoms with Crippen LogP contribution in [0.1, 0.15) is 44.5 Å². The molecule has 0 aliphatic carbocycles. The van der Waals surface area contributed by atoms with E-state index in [0.29, 0.717) is 0 Å². The maximum atomic E-state index is 5.63. The van der Waals surface area contributed by atoms with Gasteiger partial charge in [0.2, 0.25) is 0 Å². The molecular weight excluding hydrogens is 186 g/mol. The molecule has 1 rings (SSSR count). The first-order valence-electron chi connectivity index (χ1n) is 5.40. The van der Waals surface area contributed by atoms with Crippen molar-refractivity contribution in [1.29, 1.82) is 0 Å². The van der Waals surface area contributed by atoms with Crippen molar-refractivity contribution in [3.05, 3.63) is 29.6 Å². The summed E-state index contributed by atoms with van der Waals surface area (Å²) >= 11 is 0. The molecule has 84 valence electrons. The Kier molecular flexibility index (Phi) is 3.83. The van der Waals surface area contributed by atoms with Crippen molar-refractivity contribution in [2.45, 2.75) is 40.2 Å². The van der Waals surface area contributed by atoms with Gasteiger partial charge in [-0.15, -0.1) is 0 Å². The first kappa shape index (κ1) is 12.1. The van der Waals surface area contributed by atoms with Crippen molar-refractivity contribution in [1.82, 2.24) is 10.4 Å². The van der Waals surface area contributed by atoms with Gasteiger partial charge in [-0.1, -0.05) is 26.8 Å². The molecule has 0 aliphatic heterocycles. The Labute approximate surface area is 92.1 Å². The van der Waals surface area contributed by atoms with E-state index in [1.807, 2.05) is 19.2 Å². The molecule has 1 heterocycles. The average Bonchev–Trinajstić information content (AvgIpc) is 2.22. The molecule has 1 unspecified atom stereocenters. The molecule has 1 atom stereocenters. The number of nitrogens with two attached hydrogens (primary N) is 1. The molecule has 0 amide bonds. The molecule has 0 aliphatic rings. The Bertz CT molecular complexity index is 303. The molecule has 1 aromatic heterocycles. The normalized spacial score (nSPS) is 13.9. The van der Waals surface area contributed by atoms with Crippen molar-refractivity contribution < 1.29 is 0 Å². The van der Waals surface area contributed by atoms with Gasteiger partial charge in [0.05, 0.1) is 6.04 Å².